The Bertz CT molecular complexity index is 1710. The number of hydrogen-bond donors (Lipinski definition) is 2. The van der Waals surface area contributed by atoms with Gasteiger partial charge in [-0.3, -0.25) is 34.3 Å². The SMILES string of the molecule is Cc1cc2cc(NC(=N[C@H]3CCCCN(CC(=O)N4CCCC4)C3=O)NC(=O)c3ccc(C(=O)N(C)CC(=O)N(C)C)nc3)ccc2o1. The molecule has 2 saturated heterocycles. The molecule has 254 valence electrons. The van der Waals surface area contributed by atoms with E-state index in [0.29, 0.717) is 37.3 Å². The minimum absolute atomic E-state index is 0.00567. The fraction of sp³-hybridized carbons (Fsp3) is 0.441. The number of carbonyl (C=O) groups is 5. The molecule has 48 heavy (non-hydrogen) atoms. The molecule has 4 heterocycles. The van der Waals surface area contributed by atoms with Gasteiger partial charge in [0.2, 0.25) is 23.7 Å². The van der Waals surface area contributed by atoms with Crippen LogP contribution in [0.5, 0.6) is 0 Å². The number of carbonyl (C=O) groups excluding carboxylic acids is 5. The first-order chi connectivity index (χ1) is 23.0. The highest BCUT2D eigenvalue weighted by Crippen LogP contribution is 2.23. The number of guanidine groups is 1. The van der Waals surface area contributed by atoms with Crippen molar-refractivity contribution in [2.45, 2.75) is 45.1 Å². The molecule has 2 aliphatic heterocycles. The van der Waals surface area contributed by atoms with E-state index in [4.69, 9.17) is 9.41 Å². The monoisotopic (exact) mass is 658 g/mol. The number of benzene rings is 1. The number of hydrogen-bond acceptors (Lipinski definition) is 8. The molecule has 1 aromatic carbocycles. The van der Waals surface area contributed by atoms with E-state index in [-0.39, 0.29) is 48.0 Å². The molecular weight excluding hydrogens is 616 g/mol. The van der Waals surface area contributed by atoms with E-state index in [2.05, 4.69) is 15.6 Å². The van der Waals surface area contributed by atoms with Gasteiger partial charge in [0.1, 0.15) is 23.1 Å². The quantitative estimate of drug-likeness (QED) is 0.276. The Balaban J connectivity index is 1.36. The van der Waals surface area contributed by atoms with Crippen molar-refractivity contribution in [3.8, 4) is 0 Å². The summed E-state index contributed by atoms with van der Waals surface area (Å²) in [6.45, 7) is 3.62. The molecule has 5 rings (SSSR count). The van der Waals surface area contributed by atoms with Gasteiger partial charge in [-0.25, -0.2) is 4.99 Å². The molecule has 0 saturated carbocycles. The Kier molecular flexibility index (Phi) is 10.7. The fourth-order valence-electron chi connectivity index (χ4n) is 5.68. The lowest BCUT2D eigenvalue weighted by molar-refractivity contribution is -0.140. The number of fused-ring (bicyclic) bond motifs is 1. The van der Waals surface area contributed by atoms with Crippen LogP contribution in [0, 0.1) is 6.92 Å². The maximum absolute atomic E-state index is 13.7. The Morgan fingerprint density at radius 2 is 1.75 bits per heavy atom. The number of nitrogens with zero attached hydrogens (tertiary/aromatic N) is 6. The van der Waals surface area contributed by atoms with E-state index in [0.717, 1.165) is 36.8 Å². The van der Waals surface area contributed by atoms with Gasteiger partial charge < -0.3 is 29.3 Å². The van der Waals surface area contributed by atoms with Gasteiger partial charge in [0.05, 0.1) is 18.7 Å². The van der Waals surface area contributed by atoms with Gasteiger partial charge in [-0.05, 0) is 75.4 Å². The van der Waals surface area contributed by atoms with Crippen molar-refractivity contribution < 1.29 is 28.4 Å². The molecule has 0 radical (unpaired) electrons. The first-order valence-corrected chi connectivity index (χ1v) is 16.1. The largest absolute Gasteiger partial charge is 0.461 e. The number of amides is 5. The van der Waals surface area contributed by atoms with Crippen LogP contribution in [0.15, 0.2) is 52.0 Å². The zero-order chi connectivity index (χ0) is 34.4. The van der Waals surface area contributed by atoms with Crippen LogP contribution in [-0.2, 0) is 14.4 Å². The lowest BCUT2D eigenvalue weighted by Gasteiger charge is -2.25. The van der Waals surface area contributed by atoms with Crippen LogP contribution < -0.4 is 10.6 Å². The fourth-order valence-corrected chi connectivity index (χ4v) is 5.68. The average Bonchev–Trinajstić information content (AvgIpc) is 3.70. The van der Waals surface area contributed by atoms with Crippen LogP contribution in [0.25, 0.3) is 11.0 Å². The molecule has 2 fully saturated rings. The van der Waals surface area contributed by atoms with E-state index >= 15 is 0 Å². The van der Waals surface area contributed by atoms with Crippen molar-refractivity contribution in [3.63, 3.8) is 0 Å². The van der Waals surface area contributed by atoms with Gasteiger partial charge in [0, 0.05) is 58.0 Å². The second-order valence-electron chi connectivity index (χ2n) is 12.4. The lowest BCUT2D eigenvalue weighted by atomic mass is 10.1. The minimum atomic E-state index is -0.819. The number of aryl methyl sites for hydroxylation is 1. The van der Waals surface area contributed by atoms with Gasteiger partial charge in [-0.15, -0.1) is 0 Å². The molecule has 0 spiro atoms. The number of anilines is 1. The van der Waals surface area contributed by atoms with Crippen molar-refractivity contribution in [1.82, 2.24) is 29.9 Å². The van der Waals surface area contributed by atoms with Crippen molar-refractivity contribution in [1.29, 1.82) is 0 Å². The third kappa shape index (κ3) is 8.35. The van der Waals surface area contributed by atoms with E-state index in [1.165, 1.54) is 35.2 Å². The topological polar surface area (TPSA) is 161 Å². The number of aliphatic imine (C=N–C) groups is 1. The van der Waals surface area contributed by atoms with Crippen LogP contribution in [0.3, 0.4) is 0 Å². The number of rotatable bonds is 8. The Labute approximate surface area is 279 Å². The average molecular weight is 659 g/mol. The predicted octanol–water partition coefficient (Wildman–Crippen LogP) is 2.50. The molecule has 2 N–H and O–H groups in total. The number of likely N-dealkylation sites (tertiary alicyclic amines) is 2. The van der Waals surface area contributed by atoms with E-state index < -0.39 is 17.9 Å². The third-order valence-corrected chi connectivity index (χ3v) is 8.42. The maximum atomic E-state index is 13.7. The summed E-state index contributed by atoms with van der Waals surface area (Å²) in [4.78, 5) is 79.8. The minimum Gasteiger partial charge on any atom is -0.461 e. The molecular formula is C34H42N8O6. The molecule has 14 nitrogen and oxygen atoms in total. The molecule has 2 aromatic heterocycles. The van der Waals surface area contributed by atoms with E-state index in [1.807, 2.05) is 19.1 Å². The maximum Gasteiger partial charge on any atom is 0.272 e. The number of likely N-dealkylation sites (N-methyl/N-ethyl adjacent to an activating group) is 2. The highest BCUT2D eigenvalue weighted by molar-refractivity contribution is 6.11. The summed E-state index contributed by atoms with van der Waals surface area (Å²) < 4.78 is 5.69. The van der Waals surface area contributed by atoms with Crippen LogP contribution in [0.2, 0.25) is 0 Å². The summed E-state index contributed by atoms with van der Waals surface area (Å²) in [5.41, 5.74) is 1.54. The third-order valence-electron chi connectivity index (χ3n) is 8.42. The predicted molar refractivity (Wildman–Crippen MR) is 179 cm³/mol. The van der Waals surface area contributed by atoms with Gasteiger partial charge in [0.25, 0.3) is 11.8 Å². The van der Waals surface area contributed by atoms with Crippen molar-refractivity contribution in [2.75, 3.05) is 59.2 Å². The summed E-state index contributed by atoms with van der Waals surface area (Å²) in [5, 5.41) is 6.78. The van der Waals surface area contributed by atoms with Gasteiger partial charge in [-0.1, -0.05) is 0 Å². The molecule has 1 atom stereocenters. The summed E-state index contributed by atoms with van der Waals surface area (Å²) in [7, 11) is 4.71. The lowest BCUT2D eigenvalue weighted by Crippen LogP contribution is -2.45. The molecule has 0 bridgehead atoms. The van der Waals surface area contributed by atoms with Crippen LogP contribution in [0.4, 0.5) is 5.69 Å². The molecule has 0 unspecified atom stereocenters. The number of pyridine rings is 1. The van der Waals surface area contributed by atoms with Gasteiger partial charge in [-0.2, -0.15) is 0 Å². The Morgan fingerprint density at radius 1 is 1.00 bits per heavy atom. The summed E-state index contributed by atoms with van der Waals surface area (Å²) in [6.07, 6.45) is 5.13. The first-order valence-electron chi connectivity index (χ1n) is 16.1. The summed E-state index contributed by atoms with van der Waals surface area (Å²) in [5.74, 6) is -0.801. The summed E-state index contributed by atoms with van der Waals surface area (Å²) in [6, 6.07) is 9.37. The zero-order valence-electron chi connectivity index (χ0n) is 27.8. The Morgan fingerprint density at radius 3 is 2.46 bits per heavy atom. The van der Waals surface area contributed by atoms with Gasteiger partial charge >= 0.3 is 0 Å². The van der Waals surface area contributed by atoms with Crippen LogP contribution >= 0.6 is 0 Å². The van der Waals surface area contributed by atoms with E-state index in [9.17, 15) is 24.0 Å². The van der Waals surface area contributed by atoms with Crippen molar-refractivity contribution in [2.24, 2.45) is 4.99 Å². The van der Waals surface area contributed by atoms with Crippen LogP contribution in [-0.4, -0.2) is 120 Å². The molecule has 0 aliphatic carbocycles. The Hall–Kier alpha value is -5.27. The second kappa shape index (κ2) is 15.1. The van der Waals surface area contributed by atoms with Crippen molar-refractivity contribution >= 4 is 52.2 Å². The number of aromatic nitrogens is 1. The zero-order valence-corrected chi connectivity index (χ0v) is 27.8. The smallest absolute Gasteiger partial charge is 0.272 e. The van der Waals surface area contributed by atoms with Crippen molar-refractivity contribution in [3.05, 3.63) is 59.6 Å². The first kappa shape index (κ1) is 34.1. The second-order valence-corrected chi connectivity index (χ2v) is 12.4. The van der Waals surface area contributed by atoms with E-state index in [1.54, 1.807) is 36.0 Å². The molecule has 5 amide bonds. The normalized spacial score (nSPS) is 16.9. The molecule has 14 heteroatoms. The highest BCUT2D eigenvalue weighted by Gasteiger charge is 2.30. The number of nitrogens with one attached hydrogen (secondary N) is 2. The summed E-state index contributed by atoms with van der Waals surface area (Å²) >= 11 is 0. The highest BCUT2D eigenvalue weighted by atomic mass is 16.3. The van der Waals surface area contributed by atoms with Crippen LogP contribution in [0.1, 0.15) is 58.7 Å². The molecule has 3 aromatic rings. The van der Waals surface area contributed by atoms with Gasteiger partial charge in [0.15, 0.2) is 0 Å². The standard InChI is InChI=1S/C34H42N8O6/c1-22-17-24-18-25(11-13-28(24)48-22)36-34(37-27-9-5-6-16-42(33(27)47)21-30(44)41-14-7-8-15-41)38-31(45)23-10-12-26(35-19-23)32(46)40(4)20-29(43)39(2)3/h10-13,17-19,27H,5-9,14-16,20-21H2,1-4H3,(H2,36,37,38,45)/t27-/m0/s1. The number of furan rings is 1. The molecule has 2 aliphatic rings.